The third-order valence-corrected chi connectivity index (χ3v) is 2.42. The Balaban J connectivity index is 2.33. The molecule has 18 heavy (non-hydrogen) atoms. The number of aryl methyl sites for hydroxylation is 1. The number of hydrogen-bond donors (Lipinski definition) is 0. The minimum atomic E-state index is -0.0314. The Morgan fingerprint density at radius 1 is 1.00 bits per heavy atom. The van der Waals surface area contributed by atoms with Crippen LogP contribution < -0.4 is 9.47 Å². The first-order valence-corrected chi connectivity index (χ1v) is 5.73. The van der Waals surface area contributed by atoms with Gasteiger partial charge in [-0.3, -0.25) is 0 Å². The molecule has 0 saturated heterocycles. The zero-order valence-corrected chi connectivity index (χ0v) is 11.2. The van der Waals surface area contributed by atoms with E-state index in [1.807, 2.05) is 19.1 Å². The average molecular weight is 286 g/mol. The number of halogens is 2. The number of rotatable bonds is 3. The molecule has 1 heterocycles. The van der Waals surface area contributed by atoms with Crippen LogP contribution in [0, 0.1) is 6.92 Å². The molecule has 0 fully saturated rings. The molecule has 0 saturated carbocycles. The molecule has 0 aliphatic rings. The number of methoxy groups -OCH3 is 1. The van der Waals surface area contributed by atoms with Crippen molar-refractivity contribution >= 4 is 23.2 Å². The SMILES string of the molecule is COc1cc(C)ccc1Oc1nc(Cl)nc(Cl)n1. The van der Waals surface area contributed by atoms with Gasteiger partial charge in [0.25, 0.3) is 0 Å². The summed E-state index contributed by atoms with van der Waals surface area (Å²) in [6.45, 7) is 1.95. The molecule has 0 bridgehead atoms. The maximum atomic E-state index is 5.66. The van der Waals surface area contributed by atoms with Gasteiger partial charge in [0, 0.05) is 0 Å². The molecule has 1 aromatic heterocycles. The van der Waals surface area contributed by atoms with E-state index < -0.39 is 0 Å². The number of nitrogens with zero attached hydrogens (tertiary/aromatic N) is 3. The number of benzene rings is 1. The van der Waals surface area contributed by atoms with E-state index in [4.69, 9.17) is 32.7 Å². The standard InChI is InChI=1S/C11H9Cl2N3O2/c1-6-3-4-7(8(5-6)17-2)18-11-15-9(12)14-10(13)16-11/h3-5H,1-2H3. The lowest BCUT2D eigenvalue weighted by atomic mass is 10.2. The highest BCUT2D eigenvalue weighted by Crippen LogP contribution is 2.31. The highest BCUT2D eigenvalue weighted by atomic mass is 35.5. The number of aromatic nitrogens is 3. The van der Waals surface area contributed by atoms with Crippen molar-refractivity contribution in [1.29, 1.82) is 0 Å². The topological polar surface area (TPSA) is 57.1 Å². The van der Waals surface area contributed by atoms with E-state index in [-0.39, 0.29) is 16.6 Å². The second kappa shape index (κ2) is 5.37. The number of hydrogen-bond acceptors (Lipinski definition) is 5. The van der Waals surface area contributed by atoms with E-state index in [0.717, 1.165) is 5.56 Å². The van der Waals surface area contributed by atoms with Crippen molar-refractivity contribution in [2.45, 2.75) is 6.92 Å². The minimum Gasteiger partial charge on any atom is -0.493 e. The molecule has 2 aromatic rings. The average Bonchev–Trinajstić information content (AvgIpc) is 2.30. The van der Waals surface area contributed by atoms with Gasteiger partial charge in [0.2, 0.25) is 10.6 Å². The van der Waals surface area contributed by atoms with Crippen LogP contribution in [0.2, 0.25) is 10.6 Å². The first-order chi connectivity index (χ1) is 8.58. The van der Waals surface area contributed by atoms with Crippen molar-refractivity contribution in [2.24, 2.45) is 0 Å². The summed E-state index contributed by atoms with van der Waals surface area (Å²) >= 11 is 11.3. The third-order valence-electron chi connectivity index (χ3n) is 2.08. The Bertz CT molecular complexity index is 558. The Morgan fingerprint density at radius 2 is 1.67 bits per heavy atom. The molecule has 94 valence electrons. The van der Waals surface area contributed by atoms with Crippen molar-refractivity contribution < 1.29 is 9.47 Å². The zero-order valence-electron chi connectivity index (χ0n) is 9.65. The maximum absolute atomic E-state index is 5.66. The van der Waals surface area contributed by atoms with Crippen LogP contribution >= 0.6 is 23.2 Å². The molecule has 5 nitrogen and oxygen atoms in total. The molecule has 0 N–H and O–H groups in total. The van der Waals surface area contributed by atoms with E-state index in [0.29, 0.717) is 11.5 Å². The Morgan fingerprint density at radius 3 is 2.28 bits per heavy atom. The van der Waals surface area contributed by atoms with Gasteiger partial charge < -0.3 is 9.47 Å². The quantitative estimate of drug-likeness (QED) is 0.866. The highest BCUT2D eigenvalue weighted by Gasteiger charge is 2.10. The van der Waals surface area contributed by atoms with Crippen LogP contribution in [-0.4, -0.2) is 22.1 Å². The van der Waals surface area contributed by atoms with Crippen LogP contribution in [0.5, 0.6) is 17.5 Å². The maximum Gasteiger partial charge on any atom is 0.327 e. The minimum absolute atomic E-state index is 0.0159. The van der Waals surface area contributed by atoms with Crippen molar-refractivity contribution in [3.8, 4) is 17.5 Å². The largest absolute Gasteiger partial charge is 0.493 e. The third kappa shape index (κ3) is 3.00. The molecule has 0 atom stereocenters. The molecule has 7 heteroatoms. The van der Waals surface area contributed by atoms with Crippen molar-refractivity contribution in [3.63, 3.8) is 0 Å². The summed E-state index contributed by atoms with van der Waals surface area (Å²) in [5, 5.41) is -0.0628. The Kier molecular flexibility index (Phi) is 3.84. The van der Waals surface area contributed by atoms with Gasteiger partial charge >= 0.3 is 6.01 Å². The van der Waals surface area contributed by atoms with Gasteiger partial charge in [0.1, 0.15) is 0 Å². The van der Waals surface area contributed by atoms with Crippen LogP contribution in [0.1, 0.15) is 5.56 Å². The molecule has 0 spiro atoms. The van der Waals surface area contributed by atoms with E-state index >= 15 is 0 Å². The fourth-order valence-electron chi connectivity index (χ4n) is 1.31. The van der Waals surface area contributed by atoms with Crippen LogP contribution in [0.4, 0.5) is 0 Å². The summed E-state index contributed by atoms with van der Waals surface area (Å²) < 4.78 is 10.7. The summed E-state index contributed by atoms with van der Waals surface area (Å²) in [5.41, 5.74) is 1.05. The molecule has 0 aliphatic carbocycles. The second-order valence-electron chi connectivity index (χ2n) is 3.41. The molecule has 1 aromatic carbocycles. The first kappa shape index (κ1) is 12.9. The van der Waals surface area contributed by atoms with Crippen molar-refractivity contribution in [1.82, 2.24) is 15.0 Å². The lowest BCUT2D eigenvalue weighted by molar-refractivity contribution is 0.367. The smallest absolute Gasteiger partial charge is 0.327 e. The Labute approximate surface area is 114 Å². The van der Waals surface area contributed by atoms with E-state index in [9.17, 15) is 0 Å². The van der Waals surface area contributed by atoms with Crippen LogP contribution in [-0.2, 0) is 0 Å². The summed E-state index contributed by atoms with van der Waals surface area (Å²) in [7, 11) is 1.55. The predicted octanol–water partition coefficient (Wildman–Crippen LogP) is 3.29. The van der Waals surface area contributed by atoms with Gasteiger partial charge in [-0.25, -0.2) is 0 Å². The highest BCUT2D eigenvalue weighted by molar-refractivity contribution is 6.31. The van der Waals surface area contributed by atoms with Crippen molar-refractivity contribution in [2.75, 3.05) is 7.11 Å². The van der Waals surface area contributed by atoms with Gasteiger partial charge in [0.15, 0.2) is 11.5 Å². The molecule has 0 aliphatic heterocycles. The molecule has 0 amide bonds. The molecular formula is C11H9Cl2N3O2. The van der Waals surface area contributed by atoms with Gasteiger partial charge in [-0.2, -0.15) is 15.0 Å². The lowest BCUT2D eigenvalue weighted by Crippen LogP contribution is -1.97. The van der Waals surface area contributed by atoms with Gasteiger partial charge in [-0.05, 0) is 47.8 Å². The summed E-state index contributed by atoms with van der Waals surface area (Å²) in [6.07, 6.45) is 0. The van der Waals surface area contributed by atoms with Gasteiger partial charge in [0.05, 0.1) is 7.11 Å². The fourth-order valence-corrected chi connectivity index (χ4v) is 1.66. The summed E-state index contributed by atoms with van der Waals surface area (Å²) in [5.74, 6) is 1.05. The van der Waals surface area contributed by atoms with E-state index in [1.165, 1.54) is 0 Å². The van der Waals surface area contributed by atoms with Crippen LogP contribution in [0.3, 0.4) is 0 Å². The summed E-state index contributed by atoms with van der Waals surface area (Å²) in [6, 6.07) is 5.48. The van der Waals surface area contributed by atoms with Crippen LogP contribution in [0.15, 0.2) is 18.2 Å². The fraction of sp³-hybridized carbons (Fsp3) is 0.182. The lowest BCUT2D eigenvalue weighted by Gasteiger charge is -2.09. The molecule has 0 radical (unpaired) electrons. The van der Waals surface area contributed by atoms with Crippen LogP contribution in [0.25, 0.3) is 0 Å². The predicted molar refractivity (Wildman–Crippen MR) is 67.7 cm³/mol. The Hall–Kier alpha value is -1.59. The monoisotopic (exact) mass is 285 g/mol. The van der Waals surface area contributed by atoms with Gasteiger partial charge in [-0.1, -0.05) is 6.07 Å². The molecule has 0 unspecified atom stereocenters. The zero-order chi connectivity index (χ0) is 13.1. The van der Waals surface area contributed by atoms with E-state index in [1.54, 1.807) is 13.2 Å². The van der Waals surface area contributed by atoms with Gasteiger partial charge in [-0.15, -0.1) is 0 Å². The molecular weight excluding hydrogens is 277 g/mol. The second-order valence-corrected chi connectivity index (χ2v) is 4.09. The number of ether oxygens (including phenoxy) is 2. The van der Waals surface area contributed by atoms with Crippen molar-refractivity contribution in [3.05, 3.63) is 34.3 Å². The molecule has 2 rings (SSSR count). The van der Waals surface area contributed by atoms with E-state index in [2.05, 4.69) is 15.0 Å². The first-order valence-electron chi connectivity index (χ1n) is 4.98. The summed E-state index contributed by atoms with van der Waals surface area (Å²) in [4.78, 5) is 11.2. The normalized spacial score (nSPS) is 10.2.